The number of carbonyl (C=O) groups is 1. The highest BCUT2D eigenvalue weighted by Crippen LogP contribution is 2.26. The summed E-state index contributed by atoms with van der Waals surface area (Å²) in [5.74, 6) is -0.0533. The van der Waals surface area contributed by atoms with Gasteiger partial charge in [-0.2, -0.15) is 0 Å². The van der Waals surface area contributed by atoms with Crippen LogP contribution in [0.15, 0.2) is 35.7 Å². The number of oxime groups is 1. The number of rotatable bonds is 7. The number of hydrogen-bond acceptors (Lipinski definition) is 6. The summed E-state index contributed by atoms with van der Waals surface area (Å²) in [6.45, 7) is 1.78. The molecule has 24 heavy (non-hydrogen) atoms. The highest BCUT2D eigenvalue weighted by atomic mass is 16.6. The SMILES string of the molecule is COCCOCCO/N=C1\c2ccccc2C(=O)c2c1ncn2C. The van der Waals surface area contributed by atoms with Crippen LogP contribution in [0.3, 0.4) is 0 Å². The van der Waals surface area contributed by atoms with Gasteiger partial charge in [-0.25, -0.2) is 4.98 Å². The first-order chi connectivity index (χ1) is 11.7. The largest absolute Gasteiger partial charge is 0.393 e. The molecule has 0 unspecified atom stereocenters. The first kappa shape index (κ1) is 16.4. The number of aryl methyl sites for hydroxylation is 1. The van der Waals surface area contributed by atoms with Gasteiger partial charge in [0.2, 0.25) is 5.78 Å². The highest BCUT2D eigenvalue weighted by Gasteiger charge is 2.32. The minimum Gasteiger partial charge on any atom is -0.393 e. The molecule has 1 aromatic heterocycles. The summed E-state index contributed by atoms with van der Waals surface area (Å²) < 4.78 is 11.9. The van der Waals surface area contributed by atoms with E-state index in [-0.39, 0.29) is 5.78 Å². The van der Waals surface area contributed by atoms with Gasteiger partial charge in [0.1, 0.15) is 23.7 Å². The zero-order valence-electron chi connectivity index (χ0n) is 13.7. The molecule has 0 N–H and O–H groups in total. The number of fused-ring (bicyclic) bond motifs is 2. The third-order valence-corrected chi connectivity index (χ3v) is 3.71. The molecule has 2 aromatic rings. The quantitative estimate of drug-likeness (QED) is 0.484. The predicted molar refractivity (Wildman–Crippen MR) is 87.4 cm³/mol. The average Bonchev–Trinajstić information content (AvgIpc) is 2.98. The van der Waals surface area contributed by atoms with Crippen LogP contribution < -0.4 is 0 Å². The monoisotopic (exact) mass is 329 g/mol. The predicted octanol–water partition coefficient (Wildman–Crippen LogP) is 1.40. The first-order valence-corrected chi connectivity index (χ1v) is 7.66. The smallest absolute Gasteiger partial charge is 0.212 e. The normalized spacial score (nSPS) is 14.6. The summed E-state index contributed by atoms with van der Waals surface area (Å²) >= 11 is 0. The van der Waals surface area contributed by atoms with Gasteiger partial charge < -0.3 is 18.9 Å². The maximum absolute atomic E-state index is 12.6. The number of ether oxygens (including phenoxy) is 2. The van der Waals surface area contributed by atoms with Crippen LogP contribution in [-0.2, 0) is 21.4 Å². The molecule has 0 spiro atoms. The Bertz CT molecular complexity index is 767. The number of ketones is 1. The highest BCUT2D eigenvalue weighted by molar-refractivity contribution is 6.28. The van der Waals surface area contributed by atoms with Crippen LogP contribution in [0.4, 0.5) is 0 Å². The topological polar surface area (TPSA) is 74.9 Å². The van der Waals surface area contributed by atoms with Gasteiger partial charge in [-0.05, 0) is 0 Å². The van der Waals surface area contributed by atoms with E-state index in [9.17, 15) is 4.79 Å². The third kappa shape index (κ3) is 3.08. The Morgan fingerprint density at radius 2 is 1.88 bits per heavy atom. The van der Waals surface area contributed by atoms with E-state index in [4.69, 9.17) is 14.3 Å². The summed E-state index contributed by atoms with van der Waals surface area (Å²) in [5.41, 5.74) is 2.97. The van der Waals surface area contributed by atoms with Crippen LogP contribution in [-0.4, -0.2) is 54.6 Å². The van der Waals surface area contributed by atoms with E-state index < -0.39 is 0 Å². The summed E-state index contributed by atoms with van der Waals surface area (Å²) in [6.07, 6.45) is 1.61. The Balaban J connectivity index is 1.79. The first-order valence-electron chi connectivity index (χ1n) is 7.66. The standard InChI is InChI=1S/C17H19N3O4/c1-20-11-18-15-14(19-24-10-9-23-8-7-22-2)12-5-3-4-6-13(12)17(21)16(15)20/h3-6,11H,7-10H2,1-2H3/b19-14+. The van der Waals surface area contributed by atoms with Crippen LogP contribution in [0, 0.1) is 0 Å². The second kappa shape index (κ2) is 7.37. The van der Waals surface area contributed by atoms with E-state index in [1.807, 2.05) is 18.2 Å². The fraction of sp³-hybridized carbons (Fsp3) is 0.353. The lowest BCUT2D eigenvalue weighted by Gasteiger charge is -2.17. The number of imidazole rings is 1. The van der Waals surface area contributed by atoms with E-state index >= 15 is 0 Å². The molecule has 126 valence electrons. The van der Waals surface area contributed by atoms with Crippen molar-refractivity contribution in [2.24, 2.45) is 12.2 Å². The Morgan fingerprint density at radius 3 is 2.67 bits per heavy atom. The number of aromatic nitrogens is 2. The van der Waals surface area contributed by atoms with Crippen LogP contribution in [0.25, 0.3) is 0 Å². The fourth-order valence-corrected chi connectivity index (χ4v) is 2.56. The van der Waals surface area contributed by atoms with Gasteiger partial charge in [-0.3, -0.25) is 4.79 Å². The van der Waals surface area contributed by atoms with E-state index in [1.54, 1.807) is 31.1 Å². The van der Waals surface area contributed by atoms with Crippen molar-refractivity contribution in [3.8, 4) is 0 Å². The molecule has 1 aliphatic carbocycles. The molecule has 0 amide bonds. The van der Waals surface area contributed by atoms with Crippen LogP contribution in [0.1, 0.15) is 27.3 Å². The number of carbonyl (C=O) groups excluding carboxylic acids is 1. The van der Waals surface area contributed by atoms with Gasteiger partial charge in [-0.1, -0.05) is 29.4 Å². The maximum Gasteiger partial charge on any atom is 0.212 e. The molecule has 1 aromatic carbocycles. The van der Waals surface area contributed by atoms with Crippen molar-refractivity contribution in [1.82, 2.24) is 9.55 Å². The minimum atomic E-state index is -0.0533. The second-order valence-corrected chi connectivity index (χ2v) is 5.31. The molecule has 7 heteroatoms. The van der Waals surface area contributed by atoms with Crippen LogP contribution in [0.2, 0.25) is 0 Å². The van der Waals surface area contributed by atoms with E-state index in [0.717, 1.165) is 5.56 Å². The van der Waals surface area contributed by atoms with Gasteiger partial charge in [0, 0.05) is 25.3 Å². The number of benzene rings is 1. The van der Waals surface area contributed by atoms with E-state index in [1.165, 1.54) is 0 Å². The van der Waals surface area contributed by atoms with Crippen LogP contribution in [0.5, 0.6) is 0 Å². The van der Waals surface area contributed by atoms with E-state index in [2.05, 4.69) is 10.1 Å². The second-order valence-electron chi connectivity index (χ2n) is 5.31. The van der Waals surface area contributed by atoms with Crippen molar-refractivity contribution in [2.45, 2.75) is 0 Å². The van der Waals surface area contributed by atoms with Crippen molar-refractivity contribution in [1.29, 1.82) is 0 Å². The van der Waals surface area contributed by atoms with Gasteiger partial charge in [0.05, 0.1) is 26.1 Å². The molecule has 1 aliphatic rings. The zero-order valence-corrected chi connectivity index (χ0v) is 13.7. The molecule has 0 fully saturated rings. The van der Waals surface area contributed by atoms with Gasteiger partial charge in [0.15, 0.2) is 0 Å². The zero-order chi connectivity index (χ0) is 16.9. The maximum atomic E-state index is 12.6. The Labute approximate surface area is 139 Å². The molecule has 3 rings (SSSR count). The van der Waals surface area contributed by atoms with Crippen LogP contribution >= 0.6 is 0 Å². The van der Waals surface area contributed by atoms with Crippen molar-refractivity contribution in [3.05, 3.63) is 53.1 Å². The lowest BCUT2D eigenvalue weighted by Crippen LogP contribution is -2.23. The lowest BCUT2D eigenvalue weighted by molar-refractivity contribution is 0.0266. The summed E-state index contributed by atoms with van der Waals surface area (Å²) in [5, 5.41) is 4.21. The average molecular weight is 329 g/mol. The molecule has 0 saturated heterocycles. The van der Waals surface area contributed by atoms with Crippen molar-refractivity contribution >= 4 is 11.5 Å². The third-order valence-electron chi connectivity index (χ3n) is 3.71. The number of nitrogens with zero attached hydrogens (tertiary/aromatic N) is 3. The Hall–Kier alpha value is -2.51. The van der Waals surface area contributed by atoms with Crippen molar-refractivity contribution in [3.63, 3.8) is 0 Å². The van der Waals surface area contributed by atoms with Crippen molar-refractivity contribution < 1.29 is 19.1 Å². The van der Waals surface area contributed by atoms with Gasteiger partial charge >= 0.3 is 0 Å². The molecule has 0 atom stereocenters. The summed E-state index contributed by atoms with van der Waals surface area (Å²) in [6, 6.07) is 7.34. The molecular weight excluding hydrogens is 310 g/mol. The number of methoxy groups -OCH3 is 1. The molecule has 0 aliphatic heterocycles. The molecule has 7 nitrogen and oxygen atoms in total. The molecule has 1 heterocycles. The van der Waals surface area contributed by atoms with Crippen molar-refractivity contribution in [2.75, 3.05) is 33.5 Å². The number of hydrogen-bond donors (Lipinski definition) is 0. The lowest BCUT2D eigenvalue weighted by atomic mass is 9.89. The molecule has 0 bridgehead atoms. The molecule has 0 saturated carbocycles. The summed E-state index contributed by atoms with van der Waals surface area (Å²) in [7, 11) is 3.41. The van der Waals surface area contributed by atoms with E-state index in [0.29, 0.717) is 49.1 Å². The Morgan fingerprint density at radius 1 is 1.12 bits per heavy atom. The molecular formula is C17H19N3O4. The fourth-order valence-electron chi connectivity index (χ4n) is 2.56. The minimum absolute atomic E-state index is 0.0533. The van der Waals surface area contributed by atoms with Gasteiger partial charge in [-0.15, -0.1) is 0 Å². The molecule has 0 radical (unpaired) electrons. The summed E-state index contributed by atoms with van der Waals surface area (Å²) in [4.78, 5) is 22.3. The Kier molecular flexibility index (Phi) is 5.02. The van der Waals surface area contributed by atoms with Gasteiger partial charge in [0.25, 0.3) is 0 Å².